The van der Waals surface area contributed by atoms with Crippen molar-refractivity contribution in [3.8, 4) is 0 Å². The van der Waals surface area contributed by atoms with E-state index in [9.17, 15) is 4.79 Å². The van der Waals surface area contributed by atoms with Gasteiger partial charge in [-0.2, -0.15) is 5.10 Å². The predicted molar refractivity (Wildman–Crippen MR) is 78.5 cm³/mol. The smallest absolute Gasteiger partial charge is 0.246 e. The number of hydrogen-bond acceptors (Lipinski definition) is 4. The van der Waals surface area contributed by atoms with E-state index in [-0.39, 0.29) is 18.6 Å². The number of ether oxygens (including phenoxy) is 1. The predicted octanol–water partition coefficient (Wildman–Crippen LogP) is 1.56. The van der Waals surface area contributed by atoms with Crippen molar-refractivity contribution >= 4 is 5.91 Å². The van der Waals surface area contributed by atoms with E-state index >= 15 is 0 Å². The van der Waals surface area contributed by atoms with Crippen molar-refractivity contribution in [2.24, 2.45) is 0 Å². The first-order valence-electron chi connectivity index (χ1n) is 7.04. The van der Waals surface area contributed by atoms with Crippen LogP contribution in [0.2, 0.25) is 0 Å². The van der Waals surface area contributed by atoms with E-state index in [0.29, 0.717) is 13.2 Å². The van der Waals surface area contributed by atoms with Gasteiger partial charge in [-0.15, -0.1) is 0 Å². The molecule has 0 saturated heterocycles. The molecule has 1 amide bonds. The fraction of sp³-hybridized carbons (Fsp3) is 0.400. The Kier molecular flexibility index (Phi) is 5.90. The van der Waals surface area contributed by atoms with Crippen LogP contribution in [0.4, 0.5) is 0 Å². The van der Waals surface area contributed by atoms with E-state index in [0.717, 1.165) is 12.0 Å². The summed E-state index contributed by atoms with van der Waals surface area (Å²) in [6.07, 6.45) is 3.92. The average Bonchev–Trinajstić information content (AvgIpc) is 3.03. The number of rotatable bonds is 8. The first kappa shape index (κ1) is 15.2. The number of aryl methyl sites for hydroxylation is 1. The molecule has 0 bridgehead atoms. The minimum atomic E-state index is -0.107. The molecule has 0 aliphatic rings. The highest BCUT2D eigenvalue weighted by atomic mass is 16.5. The second-order valence-corrected chi connectivity index (χ2v) is 4.62. The van der Waals surface area contributed by atoms with E-state index in [1.54, 1.807) is 11.0 Å². The highest BCUT2D eigenvalue weighted by molar-refractivity contribution is 5.77. The lowest BCUT2D eigenvalue weighted by Crippen LogP contribution is -2.32. The largest absolute Gasteiger partial charge is 0.372 e. The lowest BCUT2D eigenvalue weighted by molar-refractivity contribution is -0.126. The first-order chi connectivity index (χ1) is 10.3. The number of hydrogen-bond donors (Lipinski definition) is 1. The van der Waals surface area contributed by atoms with E-state index < -0.39 is 0 Å². The summed E-state index contributed by atoms with van der Waals surface area (Å²) < 4.78 is 6.90. The maximum Gasteiger partial charge on any atom is 0.246 e. The molecular formula is C15H20N4O2. The van der Waals surface area contributed by atoms with E-state index in [1.165, 1.54) is 6.33 Å². The lowest BCUT2D eigenvalue weighted by atomic mass is 10.0. The van der Waals surface area contributed by atoms with Crippen LogP contribution in [-0.4, -0.2) is 33.9 Å². The molecule has 0 aliphatic carbocycles. The van der Waals surface area contributed by atoms with Crippen LogP contribution in [0.1, 0.15) is 24.9 Å². The third kappa shape index (κ3) is 5.00. The molecule has 0 aliphatic heterocycles. The summed E-state index contributed by atoms with van der Waals surface area (Å²) in [6.45, 7) is 3.17. The summed E-state index contributed by atoms with van der Waals surface area (Å²) in [5.41, 5.74) is 1.07. The van der Waals surface area contributed by atoms with E-state index in [2.05, 4.69) is 15.4 Å². The maximum atomic E-state index is 11.9. The average molecular weight is 288 g/mol. The van der Waals surface area contributed by atoms with Crippen LogP contribution >= 0.6 is 0 Å². The molecule has 6 heteroatoms. The van der Waals surface area contributed by atoms with Crippen LogP contribution in [-0.2, 0) is 16.1 Å². The van der Waals surface area contributed by atoms with Crippen LogP contribution in [0.3, 0.4) is 0 Å². The third-order valence-electron chi connectivity index (χ3n) is 3.09. The molecule has 0 radical (unpaired) electrons. The normalized spacial score (nSPS) is 12.0. The monoisotopic (exact) mass is 288 g/mol. The lowest BCUT2D eigenvalue weighted by Gasteiger charge is -2.19. The Bertz CT molecular complexity index is 528. The van der Waals surface area contributed by atoms with Crippen LogP contribution in [0.15, 0.2) is 43.0 Å². The molecule has 0 fully saturated rings. The number of amides is 1. The van der Waals surface area contributed by atoms with Crippen LogP contribution in [0.25, 0.3) is 0 Å². The Morgan fingerprint density at radius 1 is 1.38 bits per heavy atom. The fourth-order valence-corrected chi connectivity index (χ4v) is 2.05. The van der Waals surface area contributed by atoms with Gasteiger partial charge in [0.15, 0.2) is 0 Å². The van der Waals surface area contributed by atoms with Gasteiger partial charge >= 0.3 is 0 Å². The van der Waals surface area contributed by atoms with Crippen LogP contribution in [0.5, 0.6) is 0 Å². The van der Waals surface area contributed by atoms with Gasteiger partial charge < -0.3 is 10.1 Å². The zero-order valence-corrected chi connectivity index (χ0v) is 12.1. The van der Waals surface area contributed by atoms with Crippen molar-refractivity contribution in [1.29, 1.82) is 0 Å². The number of nitrogens with one attached hydrogen (secondary N) is 1. The Labute approximate surface area is 124 Å². The Morgan fingerprint density at radius 3 is 2.86 bits per heavy atom. The summed E-state index contributed by atoms with van der Waals surface area (Å²) in [5, 5.41) is 7.08. The molecule has 0 saturated carbocycles. The third-order valence-corrected chi connectivity index (χ3v) is 3.09. The van der Waals surface area contributed by atoms with E-state index in [1.807, 2.05) is 37.3 Å². The topological polar surface area (TPSA) is 69.0 Å². The number of aromatic nitrogens is 3. The highest BCUT2D eigenvalue weighted by Gasteiger charge is 2.14. The van der Waals surface area contributed by atoms with Crippen LogP contribution in [0, 0.1) is 0 Å². The molecule has 1 aromatic carbocycles. The summed E-state index contributed by atoms with van der Waals surface area (Å²) in [5.74, 6) is -0.107. The molecule has 112 valence electrons. The second-order valence-electron chi connectivity index (χ2n) is 4.62. The SMILES string of the molecule is CCOCC(=O)N[C@H](CCn1cncn1)c1ccccc1. The summed E-state index contributed by atoms with van der Waals surface area (Å²) in [6, 6.07) is 9.84. The summed E-state index contributed by atoms with van der Waals surface area (Å²) in [4.78, 5) is 15.8. The zero-order chi connectivity index (χ0) is 14.9. The Balaban J connectivity index is 1.98. The first-order valence-corrected chi connectivity index (χ1v) is 7.04. The van der Waals surface area contributed by atoms with Gasteiger partial charge in [0.05, 0.1) is 6.04 Å². The fourth-order valence-electron chi connectivity index (χ4n) is 2.05. The van der Waals surface area contributed by atoms with Gasteiger partial charge in [0.1, 0.15) is 19.3 Å². The highest BCUT2D eigenvalue weighted by Crippen LogP contribution is 2.17. The van der Waals surface area contributed by atoms with Crippen molar-refractivity contribution in [2.45, 2.75) is 25.9 Å². The van der Waals surface area contributed by atoms with Gasteiger partial charge in [-0.1, -0.05) is 30.3 Å². The van der Waals surface area contributed by atoms with Gasteiger partial charge in [0, 0.05) is 13.2 Å². The van der Waals surface area contributed by atoms with Gasteiger partial charge in [-0.05, 0) is 18.9 Å². The van der Waals surface area contributed by atoms with Gasteiger partial charge in [0.2, 0.25) is 5.91 Å². The van der Waals surface area contributed by atoms with Crippen molar-refractivity contribution in [3.05, 3.63) is 48.5 Å². The molecular weight excluding hydrogens is 268 g/mol. The standard InChI is InChI=1S/C15H20N4O2/c1-2-21-10-15(20)18-14(13-6-4-3-5-7-13)8-9-19-12-16-11-17-19/h3-7,11-12,14H,2,8-10H2,1H3,(H,18,20)/t14-/m1/s1. The molecule has 21 heavy (non-hydrogen) atoms. The van der Waals surface area contributed by atoms with Gasteiger partial charge in [-0.25, -0.2) is 4.98 Å². The molecule has 0 unspecified atom stereocenters. The quantitative estimate of drug-likeness (QED) is 0.800. The van der Waals surface area contributed by atoms with Crippen molar-refractivity contribution in [2.75, 3.05) is 13.2 Å². The van der Waals surface area contributed by atoms with Crippen LogP contribution < -0.4 is 5.32 Å². The summed E-state index contributed by atoms with van der Waals surface area (Å²) in [7, 11) is 0. The Morgan fingerprint density at radius 2 is 2.19 bits per heavy atom. The summed E-state index contributed by atoms with van der Waals surface area (Å²) >= 11 is 0. The Hall–Kier alpha value is -2.21. The molecule has 2 rings (SSSR count). The molecule has 1 heterocycles. The number of nitrogens with zero attached hydrogens (tertiary/aromatic N) is 3. The second kappa shape index (κ2) is 8.16. The molecule has 1 atom stereocenters. The van der Waals surface area contributed by atoms with Crippen molar-refractivity contribution < 1.29 is 9.53 Å². The minimum absolute atomic E-state index is 0.0663. The number of benzene rings is 1. The zero-order valence-electron chi connectivity index (χ0n) is 12.1. The molecule has 1 N–H and O–H groups in total. The molecule has 1 aromatic heterocycles. The number of carbonyl (C=O) groups is 1. The minimum Gasteiger partial charge on any atom is -0.372 e. The number of carbonyl (C=O) groups excluding carboxylic acids is 1. The van der Waals surface area contributed by atoms with Gasteiger partial charge in [-0.3, -0.25) is 9.48 Å². The van der Waals surface area contributed by atoms with Gasteiger partial charge in [0.25, 0.3) is 0 Å². The van der Waals surface area contributed by atoms with E-state index in [4.69, 9.17) is 4.74 Å². The molecule has 6 nitrogen and oxygen atoms in total. The van der Waals surface area contributed by atoms with Crippen molar-refractivity contribution in [3.63, 3.8) is 0 Å². The molecule has 2 aromatic rings. The van der Waals surface area contributed by atoms with Crippen molar-refractivity contribution in [1.82, 2.24) is 20.1 Å². The maximum absolute atomic E-state index is 11.9. The molecule has 0 spiro atoms.